The number of hydrogen-bond donors (Lipinski definition) is 2. The summed E-state index contributed by atoms with van der Waals surface area (Å²) in [5.74, 6) is 1.89. The van der Waals surface area contributed by atoms with Crippen molar-refractivity contribution in [2.24, 2.45) is 11.3 Å². The summed E-state index contributed by atoms with van der Waals surface area (Å²) < 4.78 is 0. The summed E-state index contributed by atoms with van der Waals surface area (Å²) in [6.07, 6.45) is 5.11. The molecule has 0 atom stereocenters. The van der Waals surface area contributed by atoms with Gasteiger partial charge in [-0.15, -0.1) is 0 Å². The van der Waals surface area contributed by atoms with E-state index in [0.29, 0.717) is 17.1 Å². The number of anilines is 2. The molecule has 2 fully saturated rings. The molecule has 6 nitrogen and oxygen atoms in total. The standard InChI is InChI=1S/C14H20N4O2/c1-2-15-12-6-5-11(18(19)20)13(17-12)16-9-14(7-8-14)10-3-4-10/h5-6,10H,2-4,7-9H2,1H3,(H2,15,16,17). The number of aromatic nitrogens is 1. The smallest absolute Gasteiger partial charge is 0.311 e. The van der Waals surface area contributed by atoms with Crippen molar-refractivity contribution in [2.45, 2.75) is 32.6 Å². The monoisotopic (exact) mass is 276 g/mol. The molecule has 20 heavy (non-hydrogen) atoms. The third-order valence-electron chi connectivity index (χ3n) is 4.37. The Morgan fingerprint density at radius 1 is 1.40 bits per heavy atom. The highest BCUT2D eigenvalue weighted by Crippen LogP contribution is 2.61. The van der Waals surface area contributed by atoms with Crippen molar-refractivity contribution in [2.75, 3.05) is 23.7 Å². The lowest BCUT2D eigenvalue weighted by Gasteiger charge is -2.16. The first-order valence-corrected chi connectivity index (χ1v) is 7.28. The summed E-state index contributed by atoms with van der Waals surface area (Å²) in [6.45, 7) is 3.53. The van der Waals surface area contributed by atoms with Crippen LogP contribution in [0.3, 0.4) is 0 Å². The van der Waals surface area contributed by atoms with Crippen LogP contribution in [0.1, 0.15) is 32.6 Å². The molecular weight excluding hydrogens is 256 g/mol. The molecule has 0 spiro atoms. The first kappa shape index (κ1) is 13.1. The average molecular weight is 276 g/mol. The van der Waals surface area contributed by atoms with E-state index in [4.69, 9.17) is 0 Å². The van der Waals surface area contributed by atoms with Crippen LogP contribution in [-0.4, -0.2) is 23.0 Å². The van der Waals surface area contributed by atoms with E-state index < -0.39 is 0 Å². The normalized spacial score (nSPS) is 19.4. The summed E-state index contributed by atoms with van der Waals surface area (Å²) in [5, 5.41) is 17.4. The van der Waals surface area contributed by atoms with Crippen LogP contribution in [0.4, 0.5) is 17.3 Å². The van der Waals surface area contributed by atoms with E-state index >= 15 is 0 Å². The molecule has 1 heterocycles. The molecule has 0 aromatic carbocycles. The maximum absolute atomic E-state index is 11.1. The van der Waals surface area contributed by atoms with E-state index in [0.717, 1.165) is 19.0 Å². The number of hydrogen-bond acceptors (Lipinski definition) is 5. The molecule has 2 aliphatic carbocycles. The molecule has 108 valence electrons. The van der Waals surface area contributed by atoms with E-state index in [2.05, 4.69) is 15.6 Å². The largest absolute Gasteiger partial charge is 0.370 e. The Hall–Kier alpha value is -1.85. The zero-order chi connectivity index (χ0) is 14.2. The summed E-state index contributed by atoms with van der Waals surface area (Å²) in [7, 11) is 0. The van der Waals surface area contributed by atoms with Crippen molar-refractivity contribution >= 4 is 17.3 Å². The van der Waals surface area contributed by atoms with Crippen molar-refractivity contribution in [3.8, 4) is 0 Å². The van der Waals surface area contributed by atoms with Gasteiger partial charge < -0.3 is 10.6 Å². The third kappa shape index (κ3) is 2.55. The minimum Gasteiger partial charge on any atom is -0.370 e. The molecule has 0 saturated heterocycles. The lowest BCUT2D eigenvalue weighted by Crippen LogP contribution is -2.19. The molecule has 0 unspecified atom stereocenters. The van der Waals surface area contributed by atoms with Crippen molar-refractivity contribution < 1.29 is 4.92 Å². The lowest BCUT2D eigenvalue weighted by atomic mass is 10.0. The second-order valence-electron chi connectivity index (χ2n) is 5.84. The highest BCUT2D eigenvalue weighted by atomic mass is 16.6. The molecule has 2 saturated carbocycles. The third-order valence-corrected chi connectivity index (χ3v) is 4.37. The van der Waals surface area contributed by atoms with E-state index in [1.807, 2.05) is 6.92 Å². The minimum absolute atomic E-state index is 0.0539. The van der Waals surface area contributed by atoms with Gasteiger partial charge in [0.05, 0.1) is 4.92 Å². The molecule has 1 aromatic rings. The zero-order valence-corrected chi connectivity index (χ0v) is 11.7. The lowest BCUT2D eigenvalue weighted by molar-refractivity contribution is -0.384. The number of nitrogens with one attached hydrogen (secondary N) is 2. The van der Waals surface area contributed by atoms with Crippen LogP contribution in [0.25, 0.3) is 0 Å². The Kier molecular flexibility index (Phi) is 3.23. The van der Waals surface area contributed by atoms with E-state index in [1.54, 1.807) is 6.07 Å². The highest BCUT2D eigenvalue weighted by molar-refractivity contribution is 5.60. The number of pyridine rings is 1. The molecule has 0 bridgehead atoms. The van der Waals surface area contributed by atoms with Crippen molar-refractivity contribution in [1.29, 1.82) is 0 Å². The number of rotatable bonds is 7. The second-order valence-corrected chi connectivity index (χ2v) is 5.84. The second kappa shape index (κ2) is 4.92. The van der Waals surface area contributed by atoms with Crippen molar-refractivity contribution in [3.63, 3.8) is 0 Å². The molecule has 2 aliphatic rings. The van der Waals surface area contributed by atoms with Crippen LogP contribution in [0.5, 0.6) is 0 Å². The Balaban J connectivity index is 1.75. The van der Waals surface area contributed by atoms with E-state index in [9.17, 15) is 10.1 Å². The van der Waals surface area contributed by atoms with E-state index in [1.165, 1.54) is 31.7 Å². The quantitative estimate of drug-likeness (QED) is 0.591. The van der Waals surface area contributed by atoms with Crippen LogP contribution in [0, 0.1) is 21.4 Å². The van der Waals surface area contributed by atoms with Crippen LogP contribution < -0.4 is 10.6 Å². The fraction of sp³-hybridized carbons (Fsp3) is 0.643. The maximum Gasteiger partial charge on any atom is 0.311 e. The van der Waals surface area contributed by atoms with Crippen LogP contribution in [0.2, 0.25) is 0 Å². The van der Waals surface area contributed by atoms with Gasteiger partial charge >= 0.3 is 5.69 Å². The van der Waals surface area contributed by atoms with Gasteiger partial charge in [0.25, 0.3) is 0 Å². The van der Waals surface area contributed by atoms with Gasteiger partial charge in [0, 0.05) is 19.2 Å². The minimum atomic E-state index is -0.373. The molecule has 6 heteroatoms. The maximum atomic E-state index is 11.1. The number of nitro groups is 1. The van der Waals surface area contributed by atoms with Gasteiger partial charge in [-0.25, -0.2) is 4.98 Å². The summed E-state index contributed by atoms with van der Waals surface area (Å²) in [6, 6.07) is 3.17. The Morgan fingerprint density at radius 3 is 2.70 bits per heavy atom. The van der Waals surface area contributed by atoms with E-state index in [-0.39, 0.29) is 10.6 Å². The first-order chi connectivity index (χ1) is 9.64. The molecule has 0 radical (unpaired) electrons. The zero-order valence-electron chi connectivity index (χ0n) is 11.7. The van der Waals surface area contributed by atoms with Crippen molar-refractivity contribution in [1.82, 2.24) is 4.98 Å². The Labute approximate surface area is 118 Å². The Morgan fingerprint density at radius 2 is 2.15 bits per heavy atom. The predicted octanol–water partition coefficient (Wildman–Crippen LogP) is 3.02. The highest BCUT2D eigenvalue weighted by Gasteiger charge is 2.53. The van der Waals surface area contributed by atoms with Gasteiger partial charge in [0.2, 0.25) is 5.82 Å². The molecular formula is C14H20N4O2. The SMILES string of the molecule is CCNc1ccc([N+](=O)[O-])c(NCC2(C3CC3)CC2)n1. The van der Waals surface area contributed by atoms with Crippen molar-refractivity contribution in [3.05, 3.63) is 22.2 Å². The van der Waals surface area contributed by atoms with Crippen LogP contribution in [-0.2, 0) is 0 Å². The summed E-state index contributed by atoms with van der Waals surface area (Å²) >= 11 is 0. The van der Waals surface area contributed by atoms with Gasteiger partial charge in [0.15, 0.2) is 0 Å². The fourth-order valence-corrected chi connectivity index (χ4v) is 2.85. The molecule has 1 aromatic heterocycles. The summed E-state index contributed by atoms with van der Waals surface area (Å²) in [5.41, 5.74) is 0.447. The molecule has 0 aliphatic heterocycles. The van der Waals surface area contributed by atoms with Gasteiger partial charge in [-0.3, -0.25) is 10.1 Å². The van der Waals surface area contributed by atoms with Crippen LogP contribution in [0.15, 0.2) is 12.1 Å². The topological polar surface area (TPSA) is 80.1 Å². The van der Waals surface area contributed by atoms with Gasteiger partial charge in [-0.2, -0.15) is 0 Å². The number of nitrogens with zero attached hydrogens (tertiary/aromatic N) is 2. The molecule has 0 amide bonds. The van der Waals surface area contributed by atoms with Gasteiger partial charge in [-0.1, -0.05) is 0 Å². The average Bonchev–Trinajstić information content (AvgIpc) is 3.28. The van der Waals surface area contributed by atoms with Crippen LogP contribution >= 0.6 is 0 Å². The van der Waals surface area contributed by atoms with Gasteiger partial charge in [0.1, 0.15) is 5.82 Å². The fourth-order valence-electron chi connectivity index (χ4n) is 2.85. The summed E-state index contributed by atoms with van der Waals surface area (Å²) in [4.78, 5) is 15.0. The predicted molar refractivity (Wildman–Crippen MR) is 77.9 cm³/mol. The molecule has 3 rings (SSSR count). The Bertz CT molecular complexity index is 524. The van der Waals surface area contributed by atoms with Gasteiger partial charge in [-0.05, 0) is 50.0 Å². The first-order valence-electron chi connectivity index (χ1n) is 7.28. The molecule has 2 N–H and O–H groups in total.